The number of carboxylic acids is 1. The van der Waals surface area contributed by atoms with Gasteiger partial charge in [-0.3, -0.25) is 0 Å². The van der Waals surface area contributed by atoms with Crippen LogP contribution < -0.4 is 0 Å². The summed E-state index contributed by atoms with van der Waals surface area (Å²) in [4.78, 5) is 11.5. The molecule has 1 N–H and O–H groups in total. The van der Waals surface area contributed by atoms with Gasteiger partial charge in [0.1, 0.15) is 0 Å². The van der Waals surface area contributed by atoms with Crippen molar-refractivity contribution in [1.82, 2.24) is 20.2 Å². The first-order chi connectivity index (χ1) is 10.1. The molecule has 21 heavy (non-hydrogen) atoms. The van der Waals surface area contributed by atoms with Crippen molar-refractivity contribution in [2.24, 2.45) is 11.8 Å². The highest BCUT2D eigenvalue weighted by molar-refractivity contribution is 5.72. The van der Waals surface area contributed by atoms with Crippen LogP contribution in [0, 0.1) is 11.8 Å². The van der Waals surface area contributed by atoms with Crippen molar-refractivity contribution in [3.05, 3.63) is 5.82 Å². The zero-order chi connectivity index (χ0) is 15.2. The molecule has 1 aliphatic rings. The van der Waals surface area contributed by atoms with E-state index in [1.807, 2.05) is 13.8 Å². The third-order valence-corrected chi connectivity index (χ3v) is 4.76. The molecule has 0 spiro atoms. The highest BCUT2D eigenvalue weighted by atomic mass is 16.4. The molecule has 118 valence electrons. The summed E-state index contributed by atoms with van der Waals surface area (Å²) in [5.74, 6) is 0.624. The Balaban J connectivity index is 2.04. The molecule has 0 aromatic carbocycles. The van der Waals surface area contributed by atoms with E-state index in [9.17, 15) is 9.90 Å². The molecule has 6 heteroatoms. The Morgan fingerprint density at radius 3 is 2.71 bits per heavy atom. The molecule has 0 aliphatic heterocycles. The lowest BCUT2D eigenvalue weighted by molar-refractivity contribution is -0.143. The molecular formula is C15H26N4O2. The molecule has 1 fully saturated rings. The van der Waals surface area contributed by atoms with Crippen LogP contribution in [0.2, 0.25) is 0 Å². The van der Waals surface area contributed by atoms with Crippen LogP contribution in [0.25, 0.3) is 0 Å². The monoisotopic (exact) mass is 294 g/mol. The topological polar surface area (TPSA) is 80.9 Å². The molecule has 0 radical (unpaired) electrons. The van der Waals surface area contributed by atoms with Crippen LogP contribution in [0.3, 0.4) is 0 Å². The van der Waals surface area contributed by atoms with Gasteiger partial charge in [0.15, 0.2) is 11.9 Å². The predicted octanol–water partition coefficient (Wildman–Crippen LogP) is 2.86. The summed E-state index contributed by atoms with van der Waals surface area (Å²) in [6.07, 6.45) is 9.19. The van der Waals surface area contributed by atoms with Crippen molar-refractivity contribution >= 4 is 5.97 Å². The minimum absolute atomic E-state index is 0.0134. The van der Waals surface area contributed by atoms with E-state index in [1.54, 1.807) is 0 Å². The molecule has 0 bridgehead atoms. The van der Waals surface area contributed by atoms with Gasteiger partial charge in [-0.15, -0.1) is 5.10 Å². The van der Waals surface area contributed by atoms with Crippen molar-refractivity contribution in [3.8, 4) is 0 Å². The summed E-state index contributed by atoms with van der Waals surface area (Å²) < 4.78 is 1.53. The van der Waals surface area contributed by atoms with Crippen LogP contribution in [0.5, 0.6) is 0 Å². The van der Waals surface area contributed by atoms with Crippen molar-refractivity contribution in [2.45, 2.75) is 71.3 Å². The minimum atomic E-state index is -0.851. The molecule has 1 aromatic rings. The summed E-state index contributed by atoms with van der Waals surface area (Å²) >= 11 is 0. The van der Waals surface area contributed by atoms with Crippen LogP contribution in [-0.2, 0) is 11.2 Å². The first kappa shape index (κ1) is 15.9. The molecule has 1 aliphatic carbocycles. The zero-order valence-electron chi connectivity index (χ0n) is 13.0. The molecule has 2 rings (SSSR count). The number of carbonyl (C=O) groups is 1. The van der Waals surface area contributed by atoms with Gasteiger partial charge in [0.05, 0.1) is 0 Å². The summed E-state index contributed by atoms with van der Waals surface area (Å²) in [6, 6.07) is -0.661. The van der Waals surface area contributed by atoms with Gasteiger partial charge >= 0.3 is 5.97 Å². The second-order valence-corrected chi connectivity index (χ2v) is 6.25. The third kappa shape index (κ3) is 4.02. The molecule has 6 nitrogen and oxygen atoms in total. The Labute approximate surface area is 125 Å². The van der Waals surface area contributed by atoms with E-state index in [0.29, 0.717) is 5.82 Å². The van der Waals surface area contributed by atoms with E-state index in [-0.39, 0.29) is 5.92 Å². The molecule has 2 unspecified atom stereocenters. The van der Waals surface area contributed by atoms with Crippen LogP contribution in [0.1, 0.15) is 70.7 Å². The van der Waals surface area contributed by atoms with Gasteiger partial charge in [-0.1, -0.05) is 52.4 Å². The van der Waals surface area contributed by atoms with Gasteiger partial charge in [0.25, 0.3) is 0 Å². The third-order valence-electron chi connectivity index (χ3n) is 4.76. The second kappa shape index (κ2) is 7.52. The lowest BCUT2D eigenvalue weighted by atomic mass is 9.86. The number of tetrazole rings is 1. The fourth-order valence-electron chi connectivity index (χ4n) is 3.21. The number of aromatic nitrogens is 4. The lowest BCUT2D eigenvalue weighted by Gasteiger charge is -2.22. The molecule has 2 atom stereocenters. The quantitative estimate of drug-likeness (QED) is 0.836. The lowest BCUT2D eigenvalue weighted by Crippen LogP contribution is -2.28. The van der Waals surface area contributed by atoms with Crippen molar-refractivity contribution < 1.29 is 9.90 Å². The van der Waals surface area contributed by atoms with Gasteiger partial charge < -0.3 is 5.11 Å². The normalized spacial score (nSPS) is 19.3. The Bertz CT molecular complexity index is 454. The zero-order valence-corrected chi connectivity index (χ0v) is 13.0. The first-order valence-electron chi connectivity index (χ1n) is 8.13. The molecular weight excluding hydrogens is 268 g/mol. The highest BCUT2D eigenvalue weighted by Gasteiger charge is 2.29. The Hall–Kier alpha value is -1.46. The smallest absolute Gasteiger partial charge is 0.328 e. The van der Waals surface area contributed by atoms with Crippen molar-refractivity contribution in [1.29, 1.82) is 0 Å². The Morgan fingerprint density at radius 2 is 2.10 bits per heavy atom. The first-order valence-corrected chi connectivity index (χ1v) is 8.13. The standard InChI is InChI=1S/C15H26N4O2/c1-3-11(2)14(15(20)21)19-13(16-17-18-19)10-9-12-7-5-4-6-8-12/h11-12,14H,3-10H2,1-2H3,(H,20,21). The average Bonchev–Trinajstić information content (AvgIpc) is 2.94. The minimum Gasteiger partial charge on any atom is -0.480 e. The molecule has 1 saturated carbocycles. The van der Waals surface area contributed by atoms with E-state index in [0.717, 1.165) is 25.2 Å². The van der Waals surface area contributed by atoms with E-state index in [1.165, 1.54) is 36.8 Å². The number of aliphatic carboxylic acids is 1. The molecule has 1 aromatic heterocycles. The maximum atomic E-state index is 11.5. The number of nitrogens with zero attached hydrogens (tertiary/aromatic N) is 4. The van der Waals surface area contributed by atoms with E-state index in [2.05, 4.69) is 15.5 Å². The number of hydrogen-bond acceptors (Lipinski definition) is 4. The Kier molecular flexibility index (Phi) is 5.70. The average molecular weight is 294 g/mol. The van der Waals surface area contributed by atoms with Gasteiger partial charge in [-0.2, -0.15) is 0 Å². The van der Waals surface area contributed by atoms with Crippen molar-refractivity contribution in [2.75, 3.05) is 0 Å². The number of aryl methyl sites for hydroxylation is 1. The molecule has 1 heterocycles. The Morgan fingerprint density at radius 1 is 1.38 bits per heavy atom. The molecule has 0 saturated heterocycles. The predicted molar refractivity (Wildman–Crippen MR) is 78.8 cm³/mol. The second-order valence-electron chi connectivity index (χ2n) is 6.25. The van der Waals surface area contributed by atoms with Crippen LogP contribution in [0.15, 0.2) is 0 Å². The number of carboxylic acid groups (broad SMARTS) is 1. The largest absolute Gasteiger partial charge is 0.480 e. The summed E-state index contributed by atoms with van der Waals surface area (Å²) in [5, 5.41) is 21.2. The van der Waals surface area contributed by atoms with Crippen LogP contribution >= 0.6 is 0 Å². The summed E-state index contributed by atoms with van der Waals surface area (Å²) in [5.41, 5.74) is 0. The molecule has 0 amide bonds. The van der Waals surface area contributed by atoms with Crippen LogP contribution in [-0.4, -0.2) is 31.3 Å². The van der Waals surface area contributed by atoms with Crippen LogP contribution in [0.4, 0.5) is 0 Å². The van der Waals surface area contributed by atoms with Gasteiger partial charge in [-0.25, -0.2) is 9.48 Å². The maximum Gasteiger partial charge on any atom is 0.328 e. The number of hydrogen-bond donors (Lipinski definition) is 1. The summed E-state index contributed by atoms with van der Waals surface area (Å²) in [6.45, 7) is 3.93. The fourth-order valence-corrected chi connectivity index (χ4v) is 3.21. The fraction of sp³-hybridized carbons (Fsp3) is 0.867. The summed E-state index contributed by atoms with van der Waals surface area (Å²) in [7, 11) is 0. The number of rotatable bonds is 7. The van der Waals surface area contributed by atoms with E-state index < -0.39 is 12.0 Å². The van der Waals surface area contributed by atoms with Gasteiger partial charge in [0.2, 0.25) is 0 Å². The van der Waals surface area contributed by atoms with E-state index >= 15 is 0 Å². The highest BCUT2D eigenvalue weighted by Crippen LogP contribution is 2.28. The van der Waals surface area contributed by atoms with Gasteiger partial charge in [0, 0.05) is 6.42 Å². The SMILES string of the molecule is CCC(C)C(C(=O)O)n1nnnc1CCC1CCCCC1. The van der Waals surface area contributed by atoms with Gasteiger partial charge in [-0.05, 0) is 28.7 Å². The van der Waals surface area contributed by atoms with E-state index in [4.69, 9.17) is 0 Å². The van der Waals surface area contributed by atoms with Crippen molar-refractivity contribution in [3.63, 3.8) is 0 Å². The maximum absolute atomic E-state index is 11.5.